The van der Waals surface area contributed by atoms with Gasteiger partial charge in [0.1, 0.15) is 13.2 Å². The normalized spacial score (nSPS) is 14.5. The lowest BCUT2D eigenvalue weighted by Gasteiger charge is -2.26. The first-order valence-electron chi connectivity index (χ1n) is 14.0. The minimum Gasteiger partial charge on any atom is -0.493 e. The predicted molar refractivity (Wildman–Crippen MR) is 164 cm³/mol. The van der Waals surface area contributed by atoms with Crippen molar-refractivity contribution in [3.05, 3.63) is 124 Å². The topological polar surface area (TPSA) is 75.0 Å². The second kappa shape index (κ2) is 13.4. The van der Waals surface area contributed by atoms with Crippen molar-refractivity contribution in [1.82, 2.24) is 5.32 Å². The number of fused-ring (bicyclic) bond motifs is 1. The highest BCUT2D eigenvalue weighted by Gasteiger charge is 2.21. The van der Waals surface area contributed by atoms with Gasteiger partial charge in [-0.3, -0.25) is 0 Å². The summed E-state index contributed by atoms with van der Waals surface area (Å²) in [4.78, 5) is 0. The Labute approximate surface area is 242 Å². The molecule has 0 radical (unpaired) electrons. The smallest absolute Gasteiger partial charge is 0.162 e. The van der Waals surface area contributed by atoms with Gasteiger partial charge in [0.2, 0.25) is 0 Å². The summed E-state index contributed by atoms with van der Waals surface area (Å²) in [5.41, 5.74) is 13.7. The van der Waals surface area contributed by atoms with Gasteiger partial charge in [-0.2, -0.15) is 0 Å². The van der Waals surface area contributed by atoms with E-state index in [0.717, 1.165) is 52.3 Å². The number of ether oxygens (including phenoxy) is 4. The Morgan fingerprint density at radius 3 is 2.10 bits per heavy atom. The molecule has 0 amide bonds. The molecule has 3 N–H and O–H groups in total. The minimum absolute atomic E-state index is 0.0442. The summed E-state index contributed by atoms with van der Waals surface area (Å²) in [7, 11) is 3.36. The first kappa shape index (κ1) is 28.3. The van der Waals surface area contributed by atoms with Crippen LogP contribution in [0, 0.1) is 6.92 Å². The first-order chi connectivity index (χ1) is 20.1. The lowest BCUT2D eigenvalue weighted by Crippen LogP contribution is -2.28. The van der Waals surface area contributed by atoms with Crippen LogP contribution in [0.2, 0.25) is 0 Å². The zero-order valence-electron chi connectivity index (χ0n) is 24.0. The van der Waals surface area contributed by atoms with Crippen LogP contribution < -0.4 is 30.0 Å². The molecule has 5 rings (SSSR count). The molecule has 0 aromatic heterocycles. The summed E-state index contributed by atoms with van der Waals surface area (Å²) in [5.74, 6) is 2.93. The van der Waals surface area contributed by atoms with Gasteiger partial charge in [-0.25, -0.2) is 0 Å². The molecule has 1 aliphatic rings. The maximum atomic E-state index is 6.19. The van der Waals surface area contributed by atoms with Crippen LogP contribution in [0.1, 0.15) is 45.0 Å². The molecule has 1 unspecified atom stereocenters. The maximum Gasteiger partial charge on any atom is 0.162 e. The lowest BCUT2D eigenvalue weighted by molar-refractivity contribution is 0.283. The Balaban J connectivity index is 1.34. The molecule has 0 saturated heterocycles. The van der Waals surface area contributed by atoms with Gasteiger partial charge in [-0.05, 0) is 76.6 Å². The van der Waals surface area contributed by atoms with E-state index in [-0.39, 0.29) is 6.04 Å². The summed E-state index contributed by atoms with van der Waals surface area (Å²) in [6.45, 7) is 4.43. The van der Waals surface area contributed by atoms with E-state index in [2.05, 4.69) is 48.7 Å². The van der Waals surface area contributed by atoms with E-state index in [1.54, 1.807) is 14.2 Å². The minimum atomic E-state index is 0.0442. The summed E-state index contributed by atoms with van der Waals surface area (Å²) >= 11 is 0. The van der Waals surface area contributed by atoms with Crippen LogP contribution in [0.15, 0.2) is 84.9 Å². The van der Waals surface area contributed by atoms with E-state index >= 15 is 0 Å². The molecule has 0 aliphatic carbocycles. The van der Waals surface area contributed by atoms with Gasteiger partial charge in [0, 0.05) is 13.1 Å². The van der Waals surface area contributed by atoms with E-state index in [1.807, 2.05) is 54.6 Å². The number of methoxy groups -OCH3 is 2. The van der Waals surface area contributed by atoms with Crippen molar-refractivity contribution < 1.29 is 18.9 Å². The van der Waals surface area contributed by atoms with Crippen molar-refractivity contribution in [1.29, 1.82) is 0 Å². The molecule has 0 bridgehead atoms. The van der Waals surface area contributed by atoms with E-state index in [1.165, 1.54) is 11.1 Å². The molecule has 6 heteroatoms. The number of nitrogens with two attached hydrogens (primary N) is 1. The van der Waals surface area contributed by atoms with Crippen LogP contribution in [-0.4, -0.2) is 20.8 Å². The van der Waals surface area contributed by atoms with Crippen LogP contribution in [0.3, 0.4) is 0 Å². The second-order valence-electron chi connectivity index (χ2n) is 10.2. The molecule has 0 spiro atoms. The van der Waals surface area contributed by atoms with E-state index in [9.17, 15) is 0 Å². The molecule has 1 heterocycles. The molecular weight excluding hydrogens is 512 g/mol. The summed E-state index contributed by atoms with van der Waals surface area (Å²) in [6.07, 6.45) is 5.28. The monoisotopic (exact) mass is 550 g/mol. The molecule has 4 aromatic rings. The van der Waals surface area contributed by atoms with Gasteiger partial charge >= 0.3 is 0 Å². The fourth-order valence-corrected chi connectivity index (χ4v) is 5.04. The molecule has 1 atom stereocenters. The first-order valence-corrected chi connectivity index (χ1v) is 14.0. The van der Waals surface area contributed by atoms with Crippen molar-refractivity contribution >= 4 is 6.08 Å². The molecular formula is C35H38N2O4. The van der Waals surface area contributed by atoms with Crippen LogP contribution >= 0.6 is 0 Å². The molecule has 6 nitrogen and oxygen atoms in total. The predicted octanol–water partition coefficient (Wildman–Crippen LogP) is 6.53. The van der Waals surface area contributed by atoms with Crippen molar-refractivity contribution in [2.45, 2.75) is 39.1 Å². The molecule has 4 aromatic carbocycles. The van der Waals surface area contributed by atoms with Crippen molar-refractivity contribution in [2.75, 3.05) is 20.8 Å². The summed E-state index contributed by atoms with van der Waals surface area (Å²) in [5, 5.41) is 3.64. The third kappa shape index (κ3) is 6.91. The van der Waals surface area contributed by atoms with E-state index in [0.29, 0.717) is 31.3 Å². The Bertz CT molecular complexity index is 1480. The third-order valence-corrected chi connectivity index (χ3v) is 7.43. The average molecular weight is 551 g/mol. The molecule has 212 valence electrons. The zero-order chi connectivity index (χ0) is 28.6. The SMILES string of the molecule is COc1cc(C)c(/C=C/C2NCCc3cc(OCc4ccccc4)c(OC)cc32)cc1OCc1ccc(CN)cc1. The van der Waals surface area contributed by atoms with Gasteiger partial charge in [-0.15, -0.1) is 0 Å². The van der Waals surface area contributed by atoms with E-state index < -0.39 is 0 Å². The van der Waals surface area contributed by atoms with Gasteiger partial charge in [0.15, 0.2) is 23.0 Å². The number of aryl methyl sites for hydroxylation is 1. The highest BCUT2D eigenvalue weighted by molar-refractivity contribution is 5.61. The van der Waals surface area contributed by atoms with Crippen LogP contribution in [-0.2, 0) is 26.2 Å². The molecule has 0 saturated carbocycles. The van der Waals surface area contributed by atoms with Crippen LogP contribution in [0.5, 0.6) is 23.0 Å². The highest BCUT2D eigenvalue weighted by atomic mass is 16.5. The number of hydrogen-bond acceptors (Lipinski definition) is 6. The standard InChI is InChI=1S/C35H38N2O4/c1-24-17-32(38-2)34(41-23-27-11-9-25(21-36)10-12-27)18-28(24)13-14-31-30-20-33(39-3)35(19-29(30)15-16-37-31)40-22-26-7-5-4-6-8-26/h4-14,17-20,31,37H,15-16,21-23,36H2,1-3H3/b14-13+. The third-order valence-electron chi connectivity index (χ3n) is 7.43. The quantitative estimate of drug-likeness (QED) is 0.221. The summed E-state index contributed by atoms with van der Waals surface area (Å²) in [6, 6.07) is 26.7. The maximum absolute atomic E-state index is 6.19. The van der Waals surface area contributed by atoms with Gasteiger partial charge < -0.3 is 30.0 Å². The van der Waals surface area contributed by atoms with Gasteiger partial charge in [0.05, 0.1) is 20.3 Å². The van der Waals surface area contributed by atoms with Crippen LogP contribution in [0.4, 0.5) is 0 Å². The number of benzene rings is 4. The number of rotatable bonds is 11. The van der Waals surface area contributed by atoms with Crippen molar-refractivity contribution in [3.8, 4) is 23.0 Å². The fraction of sp³-hybridized carbons (Fsp3) is 0.257. The largest absolute Gasteiger partial charge is 0.493 e. The Hall–Kier alpha value is -4.26. The second-order valence-corrected chi connectivity index (χ2v) is 10.2. The molecule has 1 aliphatic heterocycles. The highest BCUT2D eigenvalue weighted by Crippen LogP contribution is 2.37. The number of nitrogens with one attached hydrogen (secondary N) is 1. The van der Waals surface area contributed by atoms with E-state index in [4.69, 9.17) is 24.7 Å². The fourth-order valence-electron chi connectivity index (χ4n) is 5.04. The van der Waals surface area contributed by atoms with Crippen molar-refractivity contribution in [2.24, 2.45) is 5.73 Å². The lowest BCUT2D eigenvalue weighted by atomic mass is 9.92. The van der Waals surface area contributed by atoms with Gasteiger partial charge in [0.25, 0.3) is 0 Å². The Kier molecular flexibility index (Phi) is 9.24. The van der Waals surface area contributed by atoms with Crippen LogP contribution in [0.25, 0.3) is 6.08 Å². The Morgan fingerprint density at radius 2 is 1.41 bits per heavy atom. The molecule has 0 fully saturated rings. The summed E-state index contributed by atoms with van der Waals surface area (Å²) < 4.78 is 23.7. The van der Waals surface area contributed by atoms with Gasteiger partial charge in [-0.1, -0.05) is 66.7 Å². The average Bonchev–Trinajstić information content (AvgIpc) is 3.02. The molecule has 41 heavy (non-hydrogen) atoms. The zero-order valence-corrected chi connectivity index (χ0v) is 24.0. The Morgan fingerprint density at radius 1 is 0.780 bits per heavy atom. The van der Waals surface area contributed by atoms with Crippen molar-refractivity contribution in [3.63, 3.8) is 0 Å². The number of hydrogen-bond donors (Lipinski definition) is 2.